The van der Waals surface area contributed by atoms with E-state index in [0.29, 0.717) is 9.50 Å². The molecule has 8 heteroatoms. The van der Waals surface area contributed by atoms with Gasteiger partial charge >= 0.3 is 7.82 Å². The zero-order valence-corrected chi connectivity index (χ0v) is 11.4. The molecule has 1 aromatic rings. The van der Waals surface area contributed by atoms with Gasteiger partial charge in [0.15, 0.2) is 5.75 Å². The van der Waals surface area contributed by atoms with E-state index < -0.39 is 7.82 Å². The standard InChI is InChI=1S/C7H6BrCl2O4P/c1-13-15(11,12)14-7-3-5(9)4(8)2-6(7)10/h2-3H,1H3,(H,11,12). The second-order valence-electron chi connectivity index (χ2n) is 2.44. The van der Waals surface area contributed by atoms with Gasteiger partial charge < -0.3 is 4.52 Å². The van der Waals surface area contributed by atoms with Crippen LogP contribution < -0.4 is 4.52 Å². The van der Waals surface area contributed by atoms with Gasteiger partial charge in [0, 0.05) is 17.6 Å². The van der Waals surface area contributed by atoms with Gasteiger partial charge in [0.25, 0.3) is 0 Å². The molecule has 1 unspecified atom stereocenters. The Morgan fingerprint density at radius 1 is 1.40 bits per heavy atom. The smallest absolute Gasteiger partial charge is 0.402 e. The highest BCUT2D eigenvalue weighted by Gasteiger charge is 2.22. The van der Waals surface area contributed by atoms with Gasteiger partial charge in [0.1, 0.15) is 0 Å². The SMILES string of the molecule is COP(=O)(O)Oc1cc(Cl)c(Br)cc1Cl. The van der Waals surface area contributed by atoms with E-state index in [-0.39, 0.29) is 10.8 Å². The second-order valence-corrected chi connectivity index (χ2v) is 5.59. The summed E-state index contributed by atoms with van der Waals surface area (Å²) in [6.45, 7) is 0. The first-order valence-electron chi connectivity index (χ1n) is 3.58. The van der Waals surface area contributed by atoms with E-state index in [1.54, 1.807) is 0 Å². The molecule has 0 radical (unpaired) electrons. The summed E-state index contributed by atoms with van der Waals surface area (Å²) in [6, 6.07) is 2.77. The van der Waals surface area contributed by atoms with Crippen LogP contribution in [-0.4, -0.2) is 12.0 Å². The first-order valence-corrected chi connectivity index (χ1v) is 6.63. The molecule has 0 amide bonds. The molecular weight excluding hydrogens is 330 g/mol. The molecule has 4 nitrogen and oxygen atoms in total. The number of halogens is 3. The van der Waals surface area contributed by atoms with E-state index in [1.165, 1.54) is 12.1 Å². The Kier molecular flexibility index (Phi) is 4.47. The molecule has 1 aromatic carbocycles. The van der Waals surface area contributed by atoms with Crippen molar-refractivity contribution in [3.05, 3.63) is 26.7 Å². The molecule has 0 aliphatic heterocycles. The quantitative estimate of drug-likeness (QED) is 0.672. The Hall–Kier alpha value is 0.230. The van der Waals surface area contributed by atoms with Crippen LogP contribution in [0.3, 0.4) is 0 Å². The number of rotatable bonds is 3. The first kappa shape index (κ1) is 13.3. The molecule has 0 aliphatic rings. The highest BCUT2D eigenvalue weighted by Crippen LogP contribution is 2.46. The van der Waals surface area contributed by atoms with Crippen LogP contribution in [0.5, 0.6) is 5.75 Å². The Balaban J connectivity index is 3.06. The molecule has 1 rings (SSSR count). The average molecular weight is 336 g/mol. The monoisotopic (exact) mass is 334 g/mol. The minimum absolute atomic E-state index is 0.0162. The lowest BCUT2D eigenvalue weighted by Gasteiger charge is -2.12. The Morgan fingerprint density at radius 2 is 2.00 bits per heavy atom. The van der Waals surface area contributed by atoms with Crippen molar-refractivity contribution in [3.8, 4) is 5.75 Å². The van der Waals surface area contributed by atoms with Crippen LogP contribution in [0.25, 0.3) is 0 Å². The highest BCUT2D eigenvalue weighted by molar-refractivity contribution is 9.10. The third-order valence-electron chi connectivity index (χ3n) is 1.42. The predicted octanol–water partition coefficient (Wildman–Crippen LogP) is 3.88. The average Bonchev–Trinajstić information content (AvgIpc) is 2.14. The molecular formula is C7H6BrCl2O4P. The zero-order chi connectivity index (χ0) is 11.6. The lowest BCUT2D eigenvalue weighted by Crippen LogP contribution is -1.94. The van der Waals surface area contributed by atoms with Gasteiger partial charge in [0.05, 0.1) is 10.0 Å². The van der Waals surface area contributed by atoms with Crippen LogP contribution in [0, 0.1) is 0 Å². The minimum atomic E-state index is -4.12. The highest BCUT2D eigenvalue weighted by atomic mass is 79.9. The van der Waals surface area contributed by atoms with E-state index in [0.717, 1.165) is 7.11 Å². The predicted molar refractivity (Wildman–Crippen MR) is 61.6 cm³/mol. The van der Waals surface area contributed by atoms with Crippen LogP contribution in [0.15, 0.2) is 16.6 Å². The molecule has 0 aromatic heterocycles. The lowest BCUT2D eigenvalue weighted by atomic mass is 10.3. The lowest BCUT2D eigenvalue weighted by molar-refractivity contribution is 0.243. The van der Waals surface area contributed by atoms with Gasteiger partial charge in [-0.05, 0) is 22.0 Å². The van der Waals surface area contributed by atoms with Gasteiger partial charge in [-0.15, -0.1) is 0 Å². The van der Waals surface area contributed by atoms with Crippen molar-refractivity contribution >= 4 is 47.0 Å². The Morgan fingerprint density at radius 3 is 2.53 bits per heavy atom. The molecule has 1 atom stereocenters. The van der Waals surface area contributed by atoms with Crippen LogP contribution in [0.2, 0.25) is 10.0 Å². The largest absolute Gasteiger partial charge is 0.527 e. The van der Waals surface area contributed by atoms with Crippen molar-refractivity contribution in [2.75, 3.05) is 7.11 Å². The fourth-order valence-electron chi connectivity index (χ4n) is 0.736. The van der Waals surface area contributed by atoms with E-state index in [4.69, 9.17) is 28.1 Å². The number of hydrogen-bond acceptors (Lipinski definition) is 3. The van der Waals surface area contributed by atoms with Gasteiger partial charge in [0.2, 0.25) is 0 Å². The molecule has 0 spiro atoms. The summed E-state index contributed by atoms with van der Waals surface area (Å²) in [4.78, 5) is 9.06. The van der Waals surface area contributed by atoms with Crippen LogP contribution in [0.4, 0.5) is 0 Å². The van der Waals surface area contributed by atoms with Gasteiger partial charge in [-0.25, -0.2) is 4.57 Å². The minimum Gasteiger partial charge on any atom is -0.402 e. The Bertz CT molecular complexity index is 426. The van der Waals surface area contributed by atoms with Gasteiger partial charge in [-0.3, -0.25) is 9.42 Å². The van der Waals surface area contributed by atoms with Crippen molar-refractivity contribution in [1.29, 1.82) is 0 Å². The zero-order valence-electron chi connectivity index (χ0n) is 7.41. The van der Waals surface area contributed by atoms with Crippen molar-refractivity contribution in [2.24, 2.45) is 0 Å². The van der Waals surface area contributed by atoms with Crippen molar-refractivity contribution in [3.63, 3.8) is 0 Å². The molecule has 0 saturated heterocycles. The van der Waals surface area contributed by atoms with E-state index in [1.807, 2.05) is 0 Å². The number of phosphoric acid groups is 1. The fraction of sp³-hybridized carbons (Fsp3) is 0.143. The maximum Gasteiger partial charge on any atom is 0.527 e. The van der Waals surface area contributed by atoms with Crippen molar-refractivity contribution in [2.45, 2.75) is 0 Å². The first-order chi connectivity index (χ1) is 6.85. The molecule has 84 valence electrons. The van der Waals surface area contributed by atoms with Crippen molar-refractivity contribution in [1.82, 2.24) is 0 Å². The molecule has 15 heavy (non-hydrogen) atoms. The van der Waals surface area contributed by atoms with E-state index >= 15 is 0 Å². The summed E-state index contributed by atoms with van der Waals surface area (Å²) in [5.74, 6) is -0.0162. The second kappa shape index (κ2) is 5.04. The van der Waals surface area contributed by atoms with Crippen LogP contribution >= 0.6 is 47.0 Å². The number of hydrogen-bond donors (Lipinski definition) is 1. The Labute approximate surface area is 105 Å². The summed E-state index contributed by atoms with van der Waals surface area (Å²) in [6.07, 6.45) is 0. The summed E-state index contributed by atoms with van der Waals surface area (Å²) in [7, 11) is -3.06. The molecule has 0 heterocycles. The summed E-state index contributed by atoms with van der Waals surface area (Å²) in [5.41, 5.74) is 0. The molecule has 0 fully saturated rings. The summed E-state index contributed by atoms with van der Waals surface area (Å²) < 4.78 is 20.6. The van der Waals surface area contributed by atoms with Crippen molar-refractivity contribution < 1.29 is 18.5 Å². The third-order valence-corrected chi connectivity index (χ3v) is 3.80. The maximum absolute atomic E-state index is 11.1. The van der Waals surface area contributed by atoms with Gasteiger partial charge in [-0.2, -0.15) is 0 Å². The maximum atomic E-state index is 11.1. The molecule has 0 aliphatic carbocycles. The normalized spacial score (nSPS) is 14.7. The molecule has 1 N–H and O–H groups in total. The third kappa shape index (κ3) is 3.63. The molecule has 0 bridgehead atoms. The summed E-state index contributed by atoms with van der Waals surface area (Å²) >= 11 is 14.7. The van der Waals surface area contributed by atoms with E-state index in [9.17, 15) is 4.57 Å². The number of phosphoric ester groups is 1. The number of benzene rings is 1. The summed E-state index contributed by atoms with van der Waals surface area (Å²) in [5, 5.41) is 0.461. The fourth-order valence-corrected chi connectivity index (χ4v) is 2.09. The topological polar surface area (TPSA) is 55.8 Å². The van der Waals surface area contributed by atoms with Crippen LogP contribution in [0.1, 0.15) is 0 Å². The molecule has 0 saturated carbocycles. The van der Waals surface area contributed by atoms with Gasteiger partial charge in [-0.1, -0.05) is 23.2 Å². The van der Waals surface area contributed by atoms with E-state index in [2.05, 4.69) is 25.0 Å². The van der Waals surface area contributed by atoms with Crippen LogP contribution in [-0.2, 0) is 9.09 Å².